The van der Waals surface area contributed by atoms with E-state index < -0.39 is 11.7 Å². The van der Waals surface area contributed by atoms with Gasteiger partial charge < -0.3 is 19.6 Å². The van der Waals surface area contributed by atoms with Crippen LogP contribution in [0.4, 0.5) is 16.2 Å². The zero-order valence-corrected chi connectivity index (χ0v) is 32.4. The summed E-state index contributed by atoms with van der Waals surface area (Å²) in [5.74, 6) is 0.0717. The van der Waals surface area contributed by atoms with Crippen molar-refractivity contribution < 1.29 is 28.7 Å². The predicted octanol–water partition coefficient (Wildman–Crippen LogP) is 9.09. The number of thiophene rings is 2. The lowest BCUT2D eigenvalue weighted by Gasteiger charge is -2.19. The molecule has 1 amide bonds. The zero-order valence-electron chi connectivity index (χ0n) is 30.0. The number of Topliss-reactive ketones (excluding diaryl/α,β-unsaturated/α-hetero) is 4. The number of nitrogens with one attached hydrogen (secondary N) is 1. The lowest BCUT2D eigenvalue weighted by Crippen LogP contribution is -2.27. The molecular formula is C39H41ClN4O6S2. The van der Waals surface area contributed by atoms with Crippen LogP contribution in [0.25, 0.3) is 20.2 Å². The van der Waals surface area contributed by atoms with Gasteiger partial charge in [-0.1, -0.05) is 12.1 Å². The number of fused-ring (bicyclic) bond motifs is 2. The molecule has 6 rings (SSSR count). The number of benzene rings is 2. The van der Waals surface area contributed by atoms with Crippen LogP contribution >= 0.6 is 35.1 Å². The second-order valence-corrected chi connectivity index (χ2v) is 15.6. The van der Waals surface area contributed by atoms with Gasteiger partial charge >= 0.3 is 6.09 Å². The lowest BCUT2D eigenvalue weighted by molar-refractivity contribution is 0.0635. The molecule has 52 heavy (non-hydrogen) atoms. The van der Waals surface area contributed by atoms with E-state index in [0.717, 1.165) is 36.2 Å². The van der Waals surface area contributed by atoms with Gasteiger partial charge in [0.15, 0.2) is 23.1 Å². The van der Waals surface area contributed by atoms with E-state index in [4.69, 9.17) is 10.5 Å². The largest absolute Gasteiger partial charge is 0.444 e. The minimum Gasteiger partial charge on any atom is -0.444 e. The second kappa shape index (κ2) is 16.1. The van der Waals surface area contributed by atoms with Gasteiger partial charge in [-0.2, -0.15) is 0 Å². The van der Waals surface area contributed by atoms with Crippen molar-refractivity contribution in [1.82, 2.24) is 9.13 Å². The number of anilines is 2. The summed E-state index contributed by atoms with van der Waals surface area (Å²) >= 11 is 2.93. The highest BCUT2D eigenvalue weighted by Gasteiger charge is 2.19. The van der Waals surface area contributed by atoms with Crippen molar-refractivity contribution in [2.75, 3.05) is 11.1 Å². The van der Waals surface area contributed by atoms with Crippen LogP contribution in [0.2, 0.25) is 0 Å². The topological polar surface area (TPSA) is 142 Å². The highest BCUT2D eigenvalue weighted by molar-refractivity contribution is 7.21. The summed E-state index contributed by atoms with van der Waals surface area (Å²) < 4.78 is 10.8. The van der Waals surface area contributed by atoms with E-state index in [9.17, 15) is 24.0 Å². The third kappa shape index (κ3) is 9.84. The van der Waals surface area contributed by atoms with Crippen molar-refractivity contribution in [3.63, 3.8) is 0 Å². The third-order valence-electron chi connectivity index (χ3n) is 7.83. The van der Waals surface area contributed by atoms with Crippen molar-refractivity contribution in [2.45, 2.75) is 53.1 Å². The number of aryl methyl sites for hydroxylation is 2. The maximum absolute atomic E-state index is 12.8. The summed E-state index contributed by atoms with van der Waals surface area (Å²) in [6.45, 7) is 8.48. The van der Waals surface area contributed by atoms with E-state index in [1.165, 1.54) is 22.7 Å². The molecule has 3 N–H and O–H groups in total. The normalized spacial score (nSPS) is 11.1. The first-order valence-electron chi connectivity index (χ1n) is 16.2. The van der Waals surface area contributed by atoms with E-state index in [2.05, 4.69) is 5.32 Å². The number of halogens is 1. The molecule has 10 nitrogen and oxygen atoms in total. The number of carbonyl (C=O) groups is 5. The average molecular weight is 761 g/mol. The first kappa shape index (κ1) is 39.7. The van der Waals surface area contributed by atoms with Gasteiger partial charge in [-0.25, -0.2) is 4.79 Å². The van der Waals surface area contributed by atoms with E-state index in [-0.39, 0.29) is 42.0 Å². The number of ketones is 4. The Morgan fingerprint density at radius 1 is 0.712 bits per heavy atom. The number of hydrogen-bond acceptors (Lipinski definition) is 9. The molecule has 2 aromatic carbocycles. The standard InChI is InChI=1S/C22H24N2O4S.C17H16N2O2S.ClH/c1-13(25)20-10-15-8-14(6-7-19(15)29-20)9-18(26)17-11-16(12-24(17)5)23-21(27)28-22(2,3)4;1-10(20)17-7-12-5-11(3-4-16(12)22-17)6-15(21)14-8-13(18)9-19(14)2;/h6-8,10-12H,9H2,1-5H3,(H,23,27);3-5,7-9H,6,18H2,1-2H3;1H. The molecule has 0 aliphatic rings. The maximum atomic E-state index is 12.8. The summed E-state index contributed by atoms with van der Waals surface area (Å²) in [7, 11) is 3.57. The van der Waals surface area contributed by atoms with Crippen molar-refractivity contribution in [3.05, 3.63) is 105 Å². The molecule has 272 valence electrons. The van der Waals surface area contributed by atoms with Crippen LogP contribution in [0.1, 0.15) is 86.1 Å². The fourth-order valence-corrected chi connectivity index (χ4v) is 7.38. The molecule has 0 radical (unpaired) electrons. The molecule has 0 fully saturated rings. The average Bonchev–Trinajstić information content (AvgIpc) is 3.80. The van der Waals surface area contributed by atoms with Crippen LogP contribution in [0, 0.1) is 0 Å². The molecule has 0 unspecified atom stereocenters. The van der Waals surface area contributed by atoms with Gasteiger partial charge in [-0.3, -0.25) is 24.5 Å². The molecule has 0 bridgehead atoms. The minimum atomic E-state index is -0.597. The van der Waals surface area contributed by atoms with Crippen molar-refractivity contribution >= 4 is 95.9 Å². The molecule has 6 aromatic rings. The van der Waals surface area contributed by atoms with Crippen LogP contribution < -0.4 is 11.1 Å². The van der Waals surface area contributed by atoms with Crippen LogP contribution in [0.3, 0.4) is 0 Å². The van der Waals surface area contributed by atoms with E-state index in [0.29, 0.717) is 34.1 Å². The van der Waals surface area contributed by atoms with E-state index in [1.807, 2.05) is 55.6 Å². The van der Waals surface area contributed by atoms with Gasteiger partial charge in [-0.05, 0) is 105 Å². The molecule has 0 atom stereocenters. The van der Waals surface area contributed by atoms with Gasteiger partial charge in [0.1, 0.15) is 5.60 Å². The van der Waals surface area contributed by atoms with Crippen molar-refractivity contribution in [3.8, 4) is 0 Å². The number of nitrogens with zero attached hydrogens (tertiary/aromatic N) is 2. The SMILES string of the molecule is CC(=O)c1cc2cc(CC(=O)c3cc(N)cn3C)ccc2s1.CC(=O)c1cc2cc(CC(=O)c3cc(NC(=O)OC(C)(C)C)cn3C)ccc2s1.Cl. The van der Waals surface area contributed by atoms with Crippen molar-refractivity contribution in [2.24, 2.45) is 14.1 Å². The molecule has 0 saturated carbocycles. The van der Waals surface area contributed by atoms with Gasteiger partial charge in [0.25, 0.3) is 0 Å². The lowest BCUT2D eigenvalue weighted by atomic mass is 10.1. The first-order valence-corrected chi connectivity index (χ1v) is 17.8. The summed E-state index contributed by atoms with van der Waals surface area (Å²) in [6.07, 6.45) is 3.39. The smallest absolute Gasteiger partial charge is 0.412 e. The summed E-state index contributed by atoms with van der Waals surface area (Å²) in [4.78, 5) is 61.6. The zero-order chi connectivity index (χ0) is 37.2. The Bertz CT molecular complexity index is 2320. The molecule has 0 spiro atoms. The Kier molecular flexibility index (Phi) is 12.3. The maximum Gasteiger partial charge on any atom is 0.412 e. The number of aromatic nitrogens is 2. The van der Waals surface area contributed by atoms with Crippen LogP contribution in [-0.4, -0.2) is 44.0 Å². The van der Waals surface area contributed by atoms with E-state index >= 15 is 0 Å². The van der Waals surface area contributed by atoms with Crippen LogP contribution in [-0.2, 0) is 31.7 Å². The van der Waals surface area contributed by atoms with Crippen molar-refractivity contribution in [1.29, 1.82) is 0 Å². The Morgan fingerprint density at radius 3 is 1.60 bits per heavy atom. The van der Waals surface area contributed by atoms with Gasteiger partial charge in [-0.15, -0.1) is 35.1 Å². The number of rotatable bonds is 9. The quantitative estimate of drug-likeness (QED) is 0.140. The highest BCUT2D eigenvalue weighted by Crippen LogP contribution is 2.29. The van der Waals surface area contributed by atoms with Gasteiger partial charge in [0.05, 0.1) is 32.5 Å². The fourth-order valence-electron chi connectivity index (χ4n) is 5.50. The predicted molar refractivity (Wildman–Crippen MR) is 212 cm³/mol. The summed E-state index contributed by atoms with van der Waals surface area (Å²) in [6, 6.07) is 18.8. The molecular weight excluding hydrogens is 720 g/mol. The summed E-state index contributed by atoms with van der Waals surface area (Å²) in [5, 5.41) is 4.62. The Morgan fingerprint density at radius 2 is 1.17 bits per heavy atom. The second-order valence-electron chi connectivity index (χ2n) is 13.4. The number of nitrogens with two attached hydrogens (primary N) is 1. The number of amides is 1. The molecule has 13 heteroatoms. The Hall–Kier alpha value is -5.04. The number of nitrogen functional groups attached to an aromatic ring is 1. The monoisotopic (exact) mass is 760 g/mol. The van der Waals surface area contributed by atoms with E-state index in [1.54, 1.807) is 75.3 Å². The molecule has 0 aliphatic carbocycles. The third-order valence-corrected chi connectivity index (χ3v) is 10.3. The molecule has 0 aliphatic heterocycles. The van der Waals surface area contributed by atoms with Gasteiger partial charge in [0.2, 0.25) is 0 Å². The number of ether oxygens (including phenoxy) is 1. The Balaban J connectivity index is 0.000000236. The van der Waals surface area contributed by atoms with Gasteiger partial charge in [0, 0.05) is 48.7 Å². The Labute approximate surface area is 316 Å². The fraction of sp³-hybridized carbons (Fsp3) is 0.256. The van der Waals surface area contributed by atoms with Crippen LogP contribution in [0.5, 0.6) is 0 Å². The summed E-state index contributed by atoms with van der Waals surface area (Å²) in [5.41, 5.74) is 9.11. The highest BCUT2D eigenvalue weighted by atomic mass is 35.5. The number of hydrogen-bond donors (Lipinski definition) is 2. The number of carbonyl (C=O) groups excluding carboxylic acids is 5. The first-order chi connectivity index (χ1) is 23.9. The molecule has 4 aromatic heterocycles. The molecule has 0 saturated heterocycles. The van der Waals surface area contributed by atoms with Crippen LogP contribution in [0.15, 0.2) is 73.1 Å². The minimum absolute atomic E-state index is 0. The molecule has 4 heterocycles.